The molecule has 0 saturated heterocycles. The van der Waals surface area contributed by atoms with Crippen molar-refractivity contribution in [2.24, 2.45) is 0 Å². The zero-order valence-corrected chi connectivity index (χ0v) is 12.6. The highest BCUT2D eigenvalue weighted by molar-refractivity contribution is 6.30. The standard InChI is InChI=1S/C17H18ClF2N/c1-2-21-11-13(14-5-3-4-6-16(14)19)9-12-7-8-15(18)17(20)10-12/h3-8,10,13,21H,2,9,11H2,1H3. The van der Waals surface area contributed by atoms with E-state index in [4.69, 9.17) is 11.6 Å². The van der Waals surface area contributed by atoms with Gasteiger partial charge in [-0.15, -0.1) is 0 Å². The van der Waals surface area contributed by atoms with Gasteiger partial charge < -0.3 is 5.32 Å². The molecule has 0 bridgehead atoms. The summed E-state index contributed by atoms with van der Waals surface area (Å²) in [6.07, 6.45) is 0.558. The number of hydrogen-bond acceptors (Lipinski definition) is 1. The Kier molecular flexibility index (Phi) is 5.71. The van der Waals surface area contributed by atoms with Crippen molar-refractivity contribution in [1.82, 2.24) is 5.32 Å². The van der Waals surface area contributed by atoms with E-state index in [9.17, 15) is 8.78 Å². The van der Waals surface area contributed by atoms with E-state index >= 15 is 0 Å². The molecule has 2 rings (SSSR count). The van der Waals surface area contributed by atoms with E-state index in [2.05, 4.69) is 5.32 Å². The van der Waals surface area contributed by atoms with Crippen molar-refractivity contribution in [1.29, 1.82) is 0 Å². The fourth-order valence-electron chi connectivity index (χ4n) is 2.37. The van der Waals surface area contributed by atoms with Crippen LogP contribution in [0.2, 0.25) is 5.02 Å². The molecule has 0 saturated carbocycles. The van der Waals surface area contributed by atoms with Crippen LogP contribution in [0.1, 0.15) is 24.0 Å². The number of likely N-dealkylation sites (N-methyl/N-ethyl adjacent to an activating group) is 1. The van der Waals surface area contributed by atoms with Crippen molar-refractivity contribution in [3.63, 3.8) is 0 Å². The van der Waals surface area contributed by atoms with Crippen molar-refractivity contribution in [3.05, 3.63) is 70.2 Å². The first-order valence-electron chi connectivity index (χ1n) is 7.01. The Bertz CT molecular complexity index is 601. The largest absolute Gasteiger partial charge is 0.316 e. The lowest BCUT2D eigenvalue weighted by Gasteiger charge is -2.19. The molecule has 0 heterocycles. The molecule has 21 heavy (non-hydrogen) atoms. The van der Waals surface area contributed by atoms with Gasteiger partial charge in [0.05, 0.1) is 5.02 Å². The zero-order chi connectivity index (χ0) is 15.2. The summed E-state index contributed by atoms with van der Waals surface area (Å²) in [7, 11) is 0. The minimum Gasteiger partial charge on any atom is -0.316 e. The van der Waals surface area contributed by atoms with Crippen LogP contribution in [0.3, 0.4) is 0 Å². The molecule has 4 heteroatoms. The van der Waals surface area contributed by atoms with Crippen LogP contribution >= 0.6 is 11.6 Å². The molecule has 2 aromatic rings. The monoisotopic (exact) mass is 309 g/mol. The molecule has 1 unspecified atom stereocenters. The molecule has 0 radical (unpaired) electrons. The Balaban J connectivity index is 2.24. The Morgan fingerprint density at radius 3 is 2.52 bits per heavy atom. The topological polar surface area (TPSA) is 12.0 Å². The zero-order valence-electron chi connectivity index (χ0n) is 11.9. The minimum atomic E-state index is -0.440. The van der Waals surface area contributed by atoms with Gasteiger partial charge in [-0.2, -0.15) is 0 Å². The fourth-order valence-corrected chi connectivity index (χ4v) is 2.49. The lowest BCUT2D eigenvalue weighted by atomic mass is 9.91. The molecule has 0 aliphatic carbocycles. The predicted octanol–water partition coefficient (Wildman–Crippen LogP) is 4.55. The van der Waals surface area contributed by atoms with Crippen LogP contribution in [-0.4, -0.2) is 13.1 Å². The Morgan fingerprint density at radius 1 is 1.10 bits per heavy atom. The molecule has 0 aliphatic rings. The van der Waals surface area contributed by atoms with Crippen molar-refractivity contribution in [2.45, 2.75) is 19.3 Å². The van der Waals surface area contributed by atoms with Gasteiger partial charge in [0.2, 0.25) is 0 Å². The smallest absolute Gasteiger partial charge is 0.142 e. The molecule has 1 nitrogen and oxygen atoms in total. The number of nitrogens with one attached hydrogen (secondary N) is 1. The number of benzene rings is 2. The summed E-state index contributed by atoms with van der Waals surface area (Å²) < 4.78 is 27.5. The van der Waals surface area contributed by atoms with Gasteiger partial charge in [-0.25, -0.2) is 8.78 Å². The lowest BCUT2D eigenvalue weighted by molar-refractivity contribution is 0.543. The first-order chi connectivity index (χ1) is 10.1. The Labute approximate surface area is 128 Å². The van der Waals surface area contributed by atoms with Gasteiger partial charge in [0.15, 0.2) is 0 Å². The molecule has 0 fully saturated rings. The molecule has 0 aromatic heterocycles. The molecule has 2 aromatic carbocycles. The van der Waals surface area contributed by atoms with Gasteiger partial charge in [-0.05, 0) is 42.3 Å². The van der Waals surface area contributed by atoms with E-state index < -0.39 is 5.82 Å². The predicted molar refractivity (Wildman–Crippen MR) is 82.8 cm³/mol. The third kappa shape index (κ3) is 4.26. The van der Waals surface area contributed by atoms with Crippen LogP contribution in [0.25, 0.3) is 0 Å². The van der Waals surface area contributed by atoms with E-state index in [0.717, 1.165) is 12.1 Å². The summed E-state index contributed by atoms with van der Waals surface area (Å²) in [5.41, 5.74) is 1.46. The van der Waals surface area contributed by atoms with Crippen LogP contribution in [0.5, 0.6) is 0 Å². The van der Waals surface area contributed by atoms with E-state index in [0.29, 0.717) is 18.5 Å². The maximum Gasteiger partial charge on any atom is 0.142 e. The molecular formula is C17H18ClF2N. The average molecular weight is 310 g/mol. The van der Waals surface area contributed by atoms with Crippen LogP contribution < -0.4 is 5.32 Å². The maximum absolute atomic E-state index is 14.0. The Morgan fingerprint density at radius 2 is 1.86 bits per heavy atom. The van der Waals surface area contributed by atoms with E-state index in [-0.39, 0.29) is 16.8 Å². The summed E-state index contributed by atoms with van der Waals surface area (Å²) in [6, 6.07) is 11.5. The summed E-state index contributed by atoms with van der Waals surface area (Å²) in [6.45, 7) is 3.45. The highest BCUT2D eigenvalue weighted by Gasteiger charge is 2.16. The molecule has 112 valence electrons. The van der Waals surface area contributed by atoms with Gasteiger partial charge >= 0.3 is 0 Å². The van der Waals surface area contributed by atoms with E-state index in [1.807, 2.05) is 13.0 Å². The van der Waals surface area contributed by atoms with Crippen molar-refractivity contribution in [2.75, 3.05) is 13.1 Å². The summed E-state index contributed by atoms with van der Waals surface area (Å²) in [5.74, 6) is -0.716. The molecule has 1 N–H and O–H groups in total. The van der Waals surface area contributed by atoms with Gasteiger partial charge in [0.1, 0.15) is 11.6 Å². The molecule has 0 amide bonds. The maximum atomic E-state index is 14.0. The number of rotatable bonds is 6. The molecule has 0 spiro atoms. The summed E-state index contributed by atoms with van der Waals surface area (Å²) in [4.78, 5) is 0. The average Bonchev–Trinajstić information content (AvgIpc) is 2.48. The van der Waals surface area contributed by atoms with Crippen molar-refractivity contribution >= 4 is 11.6 Å². The second-order valence-electron chi connectivity index (χ2n) is 4.98. The fraction of sp³-hybridized carbons (Fsp3) is 0.294. The van der Waals surface area contributed by atoms with Gasteiger partial charge in [-0.1, -0.05) is 42.8 Å². The van der Waals surface area contributed by atoms with Crippen molar-refractivity contribution < 1.29 is 8.78 Å². The quantitative estimate of drug-likeness (QED) is 0.825. The first-order valence-corrected chi connectivity index (χ1v) is 7.38. The molecular weight excluding hydrogens is 292 g/mol. The van der Waals surface area contributed by atoms with E-state index in [1.165, 1.54) is 18.2 Å². The van der Waals surface area contributed by atoms with Crippen LogP contribution in [0, 0.1) is 11.6 Å². The highest BCUT2D eigenvalue weighted by atomic mass is 35.5. The van der Waals surface area contributed by atoms with Crippen molar-refractivity contribution in [3.8, 4) is 0 Å². The normalized spacial score (nSPS) is 12.4. The Hall–Kier alpha value is -1.45. The van der Waals surface area contributed by atoms with Crippen LogP contribution in [0.4, 0.5) is 8.78 Å². The minimum absolute atomic E-state index is 0.0493. The third-order valence-electron chi connectivity index (χ3n) is 3.45. The van der Waals surface area contributed by atoms with Gasteiger partial charge in [0.25, 0.3) is 0 Å². The molecule has 0 aliphatic heterocycles. The lowest BCUT2D eigenvalue weighted by Crippen LogP contribution is -2.23. The van der Waals surface area contributed by atoms with Crippen LogP contribution in [-0.2, 0) is 6.42 Å². The summed E-state index contributed by atoms with van der Waals surface area (Å²) in [5, 5.41) is 3.34. The summed E-state index contributed by atoms with van der Waals surface area (Å²) >= 11 is 5.70. The van der Waals surface area contributed by atoms with E-state index in [1.54, 1.807) is 18.2 Å². The third-order valence-corrected chi connectivity index (χ3v) is 3.76. The van der Waals surface area contributed by atoms with Gasteiger partial charge in [0, 0.05) is 12.5 Å². The second-order valence-corrected chi connectivity index (χ2v) is 5.39. The highest BCUT2D eigenvalue weighted by Crippen LogP contribution is 2.25. The van der Waals surface area contributed by atoms with Crippen LogP contribution in [0.15, 0.2) is 42.5 Å². The number of hydrogen-bond donors (Lipinski definition) is 1. The van der Waals surface area contributed by atoms with Gasteiger partial charge in [-0.3, -0.25) is 0 Å². The molecule has 1 atom stereocenters. The second kappa shape index (κ2) is 7.53. The first kappa shape index (κ1) is 15.9. The number of halogens is 3. The SMILES string of the molecule is CCNCC(Cc1ccc(Cl)c(F)c1)c1ccccc1F.